The van der Waals surface area contributed by atoms with Crippen LogP contribution in [0.2, 0.25) is 0 Å². The molecule has 4 rings (SSSR count). The summed E-state index contributed by atoms with van der Waals surface area (Å²) in [5.74, 6) is 0.371. The zero-order valence-corrected chi connectivity index (χ0v) is 17.7. The molecule has 1 aromatic rings. The molecule has 2 fully saturated rings. The predicted octanol–water partition coefficient (Wildman–Crippen LogP) is 0.932. The van der Waals surface area contributed by atoms with Crippen LogP contribution in [-0.4, -0.2) is 64.0 Å². The second kappa shape index (κ2) is 8.16. The lowest BCUT2D eigenvalue weighted by atomic mass is 10.0. The van der Waals surface area contributed by atoms with Crippen LogP contribution in [0.15, 0.2) is 4.79 Å². The van der Waals surface area contributed by atoms with E-state index in [0.717, 1.165) is 32.1 Å². The summed E-state index contributed by atoms with van der Waals surface area (Å²) in [4.78, 5) is 33.5. The molecule has 1 aromatic heterocycles. The number of rotatable bonds is 3. The summed E-state index contributed by atoms with van der Waals surface area (Å²) in [6.07, 6.45) is 5.71. The van der Waals surface area contributed by atoms with Crippen molar-refractivity contribution in [2.45, 2.75) is 64.5 Å². The van der Waals surface area contributed by atoms with Gasteiger partial charge in [-0.1, -0.05) is 12.8 Å². The molecule has 1 N–H and O–H groups in total. The van der Waals surface area contributed by atoms with Crippen LogP contribution in [0.5, 0.6) is 0 Å². The molecule has 1 atom stereocenters. The Hall–Kier alpha value is -1.78. The number of amides is 1. The highest BCUT2D eigenvalue weighted by atomic mass is 32.2. The van der Waals surface area contributed by atoms with Gasteiger partial charge in [0.25, 0.3) is 15.8 Å². The average molecular weight is 424 g/mol. The van der Waals surface area contributed by atoms with E-state index in [2.05, 4.69) is 9.97 Å². The maximum atomic E-state index is 13.3. The molecule has 29 heavy (non-hydrogen) atoms. The Morgan fingerprint density at radius 2 is 1.79 bits per heavy atom. The lowest BCUT2D eigenvalue weighted by Gasteiger charge is -2.38. The Morgan fingerprint density at radius 1 is 1.07 bits per heavy atom. The Balaban J connectivity index is 1.65. The minimum Gasteiger partial charge on any atom is -0.338 e. The summed E-state index contributed by atoms with van der Waals surface area (Å²) in [5.41, 5.74) is 0.926. The molecule has 0 saturated carbocycles. The van der Waals surface area contributed by atoms with Gasteiger partial charge >= 0.3 is 0 Å². The van der Waals surface area contributed by atoms with Gasteiger partial charge in [-0.2, -0.15) is 17.0 Å². The molecule has 9 nitrogen and oxygen atoms in total. The number of aromatic nitrogens is 2. The molecule has 0 aromatic carbocycles. The molecule has 2 saturated heterocycles. The van der Waals surface area contributed by atoms with Crippen molar-refractivity contribution in [2.24, 2.45) is 0 Å². The number of hydrogen-bond acceptors (Lipinski definition) is 5. The fourth-order valence-corrected chi connectivity index (χ4v) is 6.47. The number of carbonyl (C=O) groups excluding carboxylic acids is 1. The fourth-order valence-electron chi connectivity index (χ4n) is 4.57. The van der Waals surface area contributed by atoms with Crippen molar-refractivity contribution in [1.82, 2.24) is 23.5 Å². The number of carbonyl (C=O) groups is 1. The molecule has 10 heteroatoms. The van der Waals surface area contributed by atoms with Crippen LogP contribution in [0.3, 0.4) is 0 Å². The van der Waals surface area contributed by atoms with Gasteiger partial charge in [-0.15, -0.1) is 0 Å². The van der Waals surface area contributed by atoms with Gasteiger partial charge in [0.2, 0.25) is 5.91 Å². The lowest BCUT2D eigenvalue weighted by Crippen LogP contribution is -2.49. The molecule has 160 valence electrons. The highest BCUT2D eigenvalue weighted by Gasteiger charge is 2.39. The number of aromatic amines is 1. The molecular weight excluding hydrogens is 394 g/mol. The summed E-state index contributed by atoms with van der Waals surface area (Å²) in [5, 5.41) is 0. The van der Waals surface area contributed by atoms with Crippen molar-refractivity contribution in [3.63, 3.8) is 0 Å². The third-order valence-corrected chi connectivity index (χ3v) is 8.29. The van der Waals surface area contributed by atoms with Gasteiger partial charge in [0.15, 0.2) is 0 Å². The van der Waals surface area contributed by atoms with Crippen molar-refractivity contribution in [1.29, 1.82) is 0 Å². The lowest BCUT2D eigenvalue weighted by molar-refractivity contribution is -0.129. The van der Waals surface area contributed by atoms with Gasteiger partial charge in [-0.3, -0.25) is 9.59 Å². The topological polar surface area (TPSA) is 107 Å². The summed E-state index contributed by atoms with van der Waals surface area (Å²) in [7, 11) is -3.58. The maximum absolute atomic E-state index is 13.3. The third-order valence-electron chi connectivity index (χ3n) is 6.24. The predicted molar refractivity (Wildman–Crippen MR) is 107 cm³/mol. The maximum Gasteiger partial charge on any atom is 0.282 e. The van der Waals surface area contributed by atoms with Gasteiger partial charge in [0.1, 0.15) is 5.82 Å². The zero-order valence-electron chi connectivity index (χ0n) is 16.9. The second-order valence-electron chi connectivity index (χ2n) is 8.16. The molecule has 0 bridgehead atoms. The standard InChI is InChI=1S/C19H29N5O4S/c1-14(25)22-12-8-16-15(13-22)19(26)21-18(20-16)17-7-3-6-11-24(17)29(27,28)23-9-4-2-5-10-23/h17H,2-13H2,1H3,(H,20,21,26)/t17-/m1/s1. The average Bonchev–Trinajstić information content (AvgIpc) is 2.74. The SMILES string of the molecule is CC(=O)N1CCc2nc([C@H]3CCCCN3S(=O)(=O)N3CCCCC3)[nH]c(=O)c2C1. The van der Waals surface area contributed by atoms with Gasteiger partial charge in [0.05, 0.1) is 23.8 Å². The summed E-state index contributed by atoms with van der Waals surface area (Å²) < 4.78 is 29.7. The van der Waals surface area contributed by atoms with Crippen LogP contribution < -0.4 is 5.56 Å². The number of piperidine rings is 2. The van der Waals surface area contributed by atoms with Crippen LogP contribution in [-0.2, 0) is 28.0 Å². The van der Waals surface area contributed by atoms with E-state index >= 15 is 0 Å². The molecule has 0 radical (unpaired) electrons. The van der Waals surface area contributed by atoms with Gasteiger partial charge in [-0.25, -0.2) is 4.98 Å². The van der Waals surface area contributed by atoms with Crippen LogP contribution in [0.1, 0.15) is 68.6 Å². The van der Waals surface area contributed by atoms with Crippen LogP contribution in [0, 0.1) is 0 Å². The Labute approximate surface area is 171 Å². The molecule has 3 aliphatic heterocycles. The van der Waals surface area contributed by atoms with E-state index in [1.807, 2.05) is 0 Å². The molecule has 0 aliphatic carbocycles. The van der Waals surface area contributed by atoms with Crippen molar-refractivity contribution in [2.75, 3.05) is 26.2 Å². The normalized spacial score (nSPS) is 24.3. The third kappa shape index (κ3) is 3.97. The van der Waals surface area contributed by atoms with E-state index in [1.165, 1.54) is 11.2 Å². The second-order valence-corrected chi connectivity index (χ2v) is 10.0. The molecule has 0 unspecified atom stereocenters. The van der Waals surface area contributed by atoms with E-state index in [4.69, 9.17) is 0 Å². The first-order chi connectivity index (χ1) is 13.9. The van der Waals surface area contributed by atoms with Crippen molar-refractivity contribution in [3.8, 4) is 0 Å². The first kappa shape index (κ1) is 20.5. The summed E-state index contributed by atoms with van der Waals surface area (Å²) in [6.45, 7) is 3.84. The Bertz CT molecular complexity index is 938. The Morgan fingerprint density at radius 3 is 2.52 bits per heavy atom. The first-order valence-electron chi connectivity index (χ1n) is 10.5. The van der Waals surface area contributed by atoms with Crippen molar-refractivity contribution >= 4 is 16.1 Å². The van der Waals surface area contributed by atoms with E-state index in [9.17, 15) is 18.0 Å². The number of H-pyrrole nitrogens is 1. The quantitative estimate of drug-likeness (QED) is 0.778. The number of fused-ring (bicyclic) bond motifs is 1. The smallest absolute Gasteiger partial charge is 0.282 e. The monoisotopic (exact) mass is 423 g/mol. The molecule has 3 aliphatic rings. The highest BCUT2D eigenvalue weighted by Crippen LogP contribution is 2.33. The van der Waals surface area contributed by atoms with E-state index < -0.39 is 16.3 Å². The van der Waals surface area contributed by atoms with Crippen LogP contribution in [0.4, 0.5) is 0 Å². The number of hydrogen-bond donors (Lipinski definition) is 1. The number of nitrogens with zero attached hydrogens (tertiary/aromatic N) is 4. The summed E-state index contributed by atoms with van der Waals surface area (Å²) >= 11 is 0. The van der Waals surface area contributed by atoms with Crippen LogP contribution >= 0.6 is 0 Å². The zero-order chi connectivity index (χ0) is 20.6. The van der Waals surface area contributed by atoms with Crippen LogP contribution in [0.25, 0.3) is 0 Å². The number of nitrogens with one attached hydrogen (secondary N) is 1. The van der Waals surface area contributed by atoms with Gasteiger partial charge < -0.3 is 9.88 Å². The first-order valence-corrected chi connectivity index (χ1v) is 11.9. The summed E-state index contributed by atoms with van der Waals surface area (Å²) in [6, 6.07) is -0.445. The minimum atomic E-state index is -3.58. The molecular formula is C19H29N5O4S. The fraction of sp³-hybridized carbons (Fsp3) is 0.737. The van der Waals surface area contributed by atoms with Crippen molar-refractivity contribution < 1.29 is 13.2 Å². The Kier molecular flexibility index (Phi) is 5.76. The largest absolute Gasteiger partial charge is 0.338 e. The minimum absolute atomic E-state index is 0.0646. The van der Waals surface area contributed by atoms with Crippen molar-refractivity contribution in [3.05, 3.63) is 27.4 Å². The molecule has 1 amide bonds. The highest BCUT2D eigenvalue weighted by molar-refractivity contribution is 7.86. The molecule has 0 spiro atoms. The van der Waals surface area contributed by atoms with E-state index in [1.54, 1.807) is 9.21 Å². The van der Waals surface area contributed by atoms with Gasteiger partial charge in [0, 0.05) is 39.5 Å². The molecule has 4 heterocycles. The van der Waals surface area contributed by atoms with Gasteiger partial charge in [-0.05, 0) is 25.7 Å². The van der Waals surface area contributed by atoms with E-state index in [0.29, 0.717) is 56.1 Å². The van der Waals surface area contributed by atoms with E-state index in [-0.39, 0.29) is 18.0 Å².